The van der Waals surface area contributed by atoms with Gasteiger partial charge in [0, 0.05) is 16.4 Å². The Bertz CT molecular complexity index is 1060. The SMILES string of the molecule is CCOC(=O)c1cccc(Nc2ncnc(Nc3cccc(Cl)c3)c2[N+](=O)[O-])c1. The summed E-state index contributed by atoms with van der Waals surface area (Å²) in [5.41, 5.74) is 0.931. The standard InChI is InChI=1S/C19H16ClN5O4/c1-2-29-19(26)12-5-3-7-14(9-12)23-17-16(25(27)28)18(22-11-21-17)24-15-8-4-6-13(20)10-15/h3-11H,2H2,1H3,(H2,21,22,23,24). The molecule has 0 unspecified atom stereocenters. The van der Waals surface area contributed by atoms with E-state index in [1.807, 2.05) is 0 Å². The number of esters is 1. The van der Waals surface area contributed by atoms with Crippen LogP contribution in [0.5, 0.6) is 0 Å². The van der Waals surface area contributed by atoms with Crippen LogP contribution in [0, 0.1) is 10.1 Å². The smallest absolute Gasteiger partial charge is 0.353 e. The first-order valence-corrected chi connectivity index (χ1v) is 8.92. The monoisotopic (exact) mass is 413 g/mol. The average molecular weight is 414 g/mol. The summed E-state index contributed by atoms with van der Waals surface area (Å²) in [6, 6.07) is 13.1. The molecule has 3 aromatic rings. The van der Waals surface area contributed by atoms with Gasteiger partial charge < -0.3 is 15.4 Å². The first-order valence-electron chi connectivity index (χ1n) is 8.54. The third kappa shape index (κ3) is 4.96. The van der Waals surface area contributed by atoms with E-state index in [-0.39, 0.29) is 23.9 Å². The van der Waals surface area contributed by atoms with Crippen molar-refractivity contribution >= 4 is 46.3 Å². The molecule has 0 amide bonds. The Balaban J connectivity index is 1.93. The molecule has 29 heavy (non-hydrogen) atoms. The quantitative estimate of drug-likeness (QED) is 0.325. The summed E-state index contributed by atoms with van der Waals surface area (Å²) in [4.78, 5) is 31.0. The third-order valence-corrected chi connectivity index (χ3v) is 3.96. The molecule has 148 valence electrons. The molecule has 0 fully saturated rings. The lowest BCUT2D eigenvalue weighted by molar-refractivity contribution is -0.383. The van der Waals surface area contributed by atoms with Crippen LogP contribution in [0.25, 0.3) is 0 Å². The van der Waals surface area contributed by atoms with E-state index >= 15 is 0 Å². The summed E-state index contributed by atoms with van der Waals surface area (Å²) in [7, 11) is 0. The maximum absolute atomic E-state index is 11.9. The number of benzene rings is 2. The predicted octanol–water partition coefficient (Wildman–Crippen LogP) is 4.70. The molecule has 9 nitrogen and oxygen atoms in total. The third-order valence-electron chi connectivity index (χ3n) is 3.73. The molecular weight excluding hydrogens is 398 g/mol. The van der Waals surface area contributed by atoms with Crippen molar-refractivity contribution in [1.29, 1.82) is 0 Å². The maximum Gasteiger partial charge on any atom is 0.353 e. The van der Waals surface area contributed by atoms with E-state index in [2.05, 4.69) is 20.6 Å². The van der Waals surface area contributed by atoms with E-state index in [4.69, 9.17) is 16.3 Å². The van der Waals surface area contributed by atoms with Gasteiger partial charge in [0.05, 0.1) is 17.1 Å². The van der Waals surface area contributed by atoms with Crippen LogP contribution in [-0.4, -0.2) is 27.5 Å². The van der Waals surface area contributed by atoms with Gasteiger partial charge in [0.1, 0.15) is 6.33 Å². The lowest BCUT2D eigenvalue weighted by Crippen LogP contribution is -2.07. The van der Waals surface area contributed by atoms with E-state index in [1.54, 1.807) is 49.4 Å². The van der Waals surface area contributed by atoms with Crippen LogP contribution < -0.4 is 10.6 Å². The van der Waals surface area contributed by atoms with Gasteiger partial charge in [-0.3, -0.25) is 10.1 Å². The number of hydrogen-bond acceptors (Lipinski definition) is 8. The zero-order valence-electron chi connectivity index (χ0n) is 15.3. The highest BCUT2D eigenvalue weighted by molar-refractivity contribution is 6.30. The van der Waals surface area contributed by atoms with Gasteiger partial charge in [0.2, 0.25) is 11.6 Å². The normalized spacial score (nSPS) is 10.3. The second-order valence-corrected chi connectivity index (χ2v) is 6.17. The first kappa shape index (κ1) is 20.0. The predicted molar refractivity (Wildman–Crippen MR) is 109 cm³/mol. The Morgan fingerprint density at radius 1 is 1.10 bits per heavy atom. The van der Waals surface area contributed by atoms with Gasteiger partial charge in [0.25, 0.3) is 0 Å². The zero-order chi connectivity index (χ0) is 20.8. The molecule has 1 aromatic heterocycles. The molecule has 2 N–H and O–H groups in total. The van der Waals surface area contributed by atoms with Crippen molar-refractivity contribution in [1.82, 2.24) is 9.97 Å². The van der Waals surface area contributed by atoms with Gasteiger partial charge in [0.15, 0.2) is 0 Å². The summed E-state index contributed by atoms with van der Waals surface area (Å²) < 4.78 is 4.97. The second-order valence-electron chi connectivity index (χ2n) is 5.74. The molecule has 10 heteroatoms. The molecule has 0 atom stereocenters. The van der Waals surface area contributed by atoms with Crippen molar-refractivity contribution in [3.05, 3.63) is 75.6 Å². The number of aromatic nitrogens is 2. The van der Waals surface area contributed by atoms with Crippen LogP contribution in [0.4, 0.5) is 28.7 Å². The molecule has 0 bridgehead atoms. The minimum atomic E-state index is -0.593. The number of nitro groups is 1. The van der Waals surface area contributed by atoms with E-state index in [1.165, 1.54) is 12.4 Å². The Hall–Kier alpha value is -3.72. The molecule has 0 radical (unpaired) electrons. The summed E-state index contributed by atoms with van der Waals surface area (Å²) >= 11 is 5.96. The Kier molecular flexibility index (Phi) is 6.20. The number of ether oxygens (including phenoxy) is 1. The van der Waals surface area contributed by atoms with Gasteiger partial charge in [-0.15, -0.1) is 0 Å². The molecule has 0 aliphatic carbocycles. The van der Waals surface area contributed by atoms with E-state index in [0.29, 0.717) is 22.0 Å². The Morgan fingerprint density at radius 3 is 2.31 bits per heavy atom. The molecular formula is C19H16ClN5O4. The van der Waals surface area contributed by atoms with Crippen molar-refractivity contribution in [3.8, 4) is 0 Å². The van der Waals surface area contributed by atoms with E-state index in [9.17, 15) is 14.9 Å². The van der Waals surface area contributed by atoms with Gasteiger partial charge in [-0.05, 0) is 43.3 Å². The molecule has 1 heterocycles. The summed E-state index contributed by atoms with van der Waals surface area (Å²) in [5, 5.41) is 17.9. The molecule has 3 rings (SSSR count). The van der Waals surface area contributed by atoms with Crippen LogP contribution in [0.15, 0.2) is 54.9 Å². The van der Waals surface area contributed by atoms with Gasteiger partial charge in [-0.1, -0.05) is 23.7 Å². The molecule has 2 aromatic carbocycles. The van der Waals surface area contributed by atoms with Crippen LogP contribution >= 0.6 is 11.6 Å². The van der Waals surface area contributed by atoms with Crippen molar-refractivity contribution < 1.29 is 14.5 Å². The van der Waals surface area contributed by atoms with Gasteiger partial charge in [-0.25, -0.2) is 14.8 Å². The molecule has 0 saturated carbocycles. The largest absolute Gasteiger partial charge is 0.462 e. The number of hydrogen-bond donors (Lipinski definition) is 2. The lowest BCUT2D eigenvalue weighted by Gasteiger charge is -2.11. The molecule has 0 saturated heterocycles. The van der Waals surface area contributed by atoms with Gasteiger partial charge in [-0.2, -0.15) is 0 Å². The summed E-state index contributed by atoms with van der Waals surface area (Å²) in [5.74, 6) is -0.525. The fourth-order valence-electron chi connectivity index (χ4n) is 2.51. The minimum Gasteiger partial charge on any atom is -0.462 e. The fourth-order valence-corrected chi connectivity index (χ4v) is 2.70. The maximum atomic E-state index is 11.9. The van der Waals surface area contributed by atoms with Crippen molar-refractivity contribution in [2.24, 2.45) is 0 Å². The number of carbonyl (C=O) groups excluding carboxylic acids is 1. The van der Waals surface area contributed by atoms with Crippen LogP contribution in [0.1, 0.15) is 17.3 Å². The summed E-state index contributed by atoms with van der Waals surface area (Å²) in [6.45, 7) is 1.95. The fraction of sp³-hybridized carbons (Fsp3) is 0.105. The average Bonchev–Trinajstić information content (AvgIpc) is 2.68. The van der Waals surface area contributed by atoms with Crippen LogP contribution in [0.2, 0.25) is 5.02 Å². The highest BCUT2D eigenvalue weighted by Crippen LogP contribution is 2.33. The van der Waals surface area contributed by atoms with Crippen LogP contribution in [-0.2, 0) is 4.74 Å². The highest BCUT2D eigenvalue weighted by atomic mass is 35.5. The number of nitrogens with one attached hydrogen (secondary N) is 2. The number of nitrogens with zero attached hydrogens (tertiary/aromatic N) is 3. The van der Waals surface area contributed by atoms with Crippen molar-refractivity contribution in [2.45, 2.75) is 6.92 Å². The molecule has 0 spiro atoms. The van der Waals surface area contributed by atoms with Crippen molar-refractivity contribution in [2.75, 3.05) is 17.2 Å². The Morgan fingerprint density at radius 2 is 1.72 bits per heavy atom. The Labute approximate surface area is 170 Å². The molecule has 0 aliphatic rings. The summed E-state index contributed by atoms with van der Waals surface area (Å²) in [6.07, 6.45) is 1.19. The number of carbonyl (C=O) groups is 1. The van der Waals surface area contributed by atoms with E-state index < -0.39 is 10.9 Å². The number of anilines is 4. The second kappa shape index (κ2) is 8.98. The number of halogens is 1. The molecule has 0 aliphatic heterocycles. The van der Waals surface area contributed by atoms with E-state index in [0.717, 1.165) is 0 Å². The highest BCUT2D eigenvalue weighted by Gasteiger charge is 2.23. The first-order chi connectivity index (χ1) is 14.0. The van der Waals surface area contributed by atoms with Crippen LogP contribution in [0.3, 0.4) is 0 Å². The van der Waals surface area contributed by atoms with Gasteiger partial charge >= 0.3 is 11.7 Å². The van der Waals surface area contributed by atoms with Crippen molar-refractivity contribution in [3.63, 3.8) is 0 Å². The zero-order valence-corrected chi connectivity index (χ0v) is 16.0. The number of rotatable bonds is 7. The topological polar surface area (TPSA) is 119 Å². The minimum absolute atomic E-state index is 0.00341. The lowest BCUT2D eigenvalue weighted by atomic mass is 10.2.